The number of fused-ring (bicyclic) bond motifs is 1. The first-order valence-corrected chi connectivity index (χ1v) is 10.4. The third kappa shape index (κ3) is 4.10. The van der Waals surface area contributed by atoms with Crippen molar-refractivity contribution in [3.63, 3.8) is 0 Å². The largest absolute Gasteiger partial charge is 0.493 e. The molecule has 0 aliphatic carbocycles. The van der Waals surface area contributed by atoms with E-state index in [0.717, 1.165) is 11.8 Å². The van der Waals surface area contributed by atoms with Crippen LogP contribution in [0.3, 0.4) is 0 Å². The Labute approximate surface area is 162 Å². The smallest absolute Gasteiger partial charge is 0.256 e. The van der Waals surface area contributed by atoms with E-state index in [0.29, 0.717) is 53.8 Å². The molecule has 1 aromatic carbocycles. The number of hydrogen-bond donors (Lipinski definition) is 1. The Morgan fingerprint density at radius 1 is 1.30 bits per heavy atom. The maximum atomic E-state index is 12.4. The van der Waals surface area contributed by atoms with Crippen LogP contribution in [0.1, 0.15) is 16.8 Å². The second-order valence-corrected chi connectivity index (χ2v) is 8.70. The Kier molecular flexibility index (Phi) is 5.45. The van der Waals surface area contributed by atoms with Crippen molar-refractivity contribution in [2.45, 2.75) is 24.7 Å². The van der Waals surface area contributed by atoms with Crippen LogP contribution < -0.4 is 15.0 Å². The fourth-order valence-electron chi connectivity index (χ4n) is 3.13. The van der Waals surface area contributed by atoms with Gasteiger partial charge in [0.25, 0.3) is 5.56 Å². The van der Waals surface area contributed by atoms with Gasteiger partial charge in [-0.05, 0) is 6.07 Å². The van der Waals surface area contributed by atoms with Crippen LogP contribution in [-0.2, 0) is 29.3 Å². The Morgan fingerprint density at radius 3 is 2.67 bits per heavy atom. The molecular weight excluding hydrogens is 394 g/mol. The summed E-state index contributed by atoms with van der Waals surface area (Å²) >= 11 is 6.17. The van der Waals surface area contributed by atoms with E-state index in [1.807, 2.05) is 4.90 Å². The van der Waals surface area contributed by atoms with Crippen molar-refractivity contribution in [3.8, 4) is 11.5 Å². The summed E-state index contributed by atoms with van der Waals surface area (Å²) in [7, 11) is -0.469. The molecule has 0 amide bonds. The lowest BCUT2D eigenvalue weighted by molar-refractivity contribution is 0.236. The van der Waals surface area contributed by atoms with Crippen molar-refractivity contribution < 1.29 is 17.9 Å². The van der Waals surface area contributed by atoms with Gasteiger partial charge in [-0.3, -0.25) is 14.7 Å². The highest BCUT2D eigenvalue weighted by atomic mass is 35.5. The number of halogens is 1. The summed E-state index contributed by atoms with van der Waals surface area (Å²) in [6, 6.07) is 3.48. The molecule has 1 aliphatic rings. The molecule has 0 fully saturated rings. The number of hydrogen-bond acceptors (Lipinski definition) is 7. The molecule has 27 heavy (non-hydrogen) atoms. The molecule has 146 valence electrons. The standard InChI is InChI=1S/C17H20ClN3O5S/c1-25-14-7-11(18)6-10(15(14)26-2)8-21-5-4-13-12(9-21)16(22)20-17(19-13)27(3,23)24/h6-7H,4-5,8-9H2,1-3H3,(H,19,20,22). The third-order valence-corrected chi connectivity index (χ3v) is 5.51. The normalized spacial score (nSPS) is 14.7. The average molecular weight is 414 g/mol. The molecule has 8 nitrogen and oxygen atoms in total. The summed E-state index contributed by atoms with van der Waals surface area (Å²) in [5.41, 5.74) is 1.40. The van der Waals surface area contributed by atoms with Crippen LogP contribution in [0.5, 0.6) is 11.5 Å². The highest BCUT2D eigenvalue weighted by molar-refractivity contribution is 7.90. The van der Waals surface area contributed by atoms with Gasteiger partial charge < -0.3 is 9.47 Å². The van der Waals surface area contributed by atoms with Crippen LogP contribution in [0.2, 0.25) is 5.02 Å². The average Bonchev–Trinajstić information content (AvgIpc) is 2.60. The third-order valence-electron chi connectivity index (χ3n) is 4.39. The molecular formula is C17H20ClN3O5S. The molecule has 2 heterocycles. The van der Waals surface area contributed by atoms with E-state index in [4.69, 9.17) is 21.1 Å². The first-order chi connectivity index (χ1) is 12.7. The molecule has 1 aliphatic heterocycles. The second kappa shape index (κ2) is 7.49. The van der Waals surface area contributed by atoms with Crippen molar-refractivity contribution in [2.75, 3.05) is 27.0 Å². The molecule has 0 saturated carbocycles. The van der Waals surface area contributed by atoms with Crippen molar-refractivity contribution in [1.82, 2.24) is 14.9 Å². The minimum absolute atomic E-state index is 0.291. The molecule has 0 spiro atoms. The van der Waals surface area contributed by atoms with E-state index in [9.17, 15) is 13.2 Å². The van der Waals surface area contributed by atoms with Gasteiger partial charge in [-0.2, -0.15) is 0 Å². The van der Waals surface area contributed by atoms with E-state index < -0.39 is 15.4 Å². The summed E-state index contributed by atoms with van der Waals surface area (Å²) in [4.78, 5) is 20.9. The van der Waals surface area contributed by atoms with Crippen LogP contribution in [0.4, 0.5) is 0 Å². The van der Waals surface area contributed by atoms with Crippen LogP contribution in [0.15, 0.2) is 22.1 Å². The lowest BCUT2D eigenvalue weighted by Crippen LogP contribution is -2.36. The number of H-pyrrole nitrogens is 1. The van der Waals surface area contributed by atoms with Crippen LogP contribution in [0.25, 0.3) is 0 Å². The Balaban J connectivity index is 1.90. The van der Waals surface area contributed by atoms with E-state index in [2.05, 4.69) is 9.97 Å². The minimum atomic E-state index is -3.57. The molecule has 0 bridgehead atoms. The quantitative estimate of drug-likeness (QED) is 0.739. The van der Waals surface area contributed by atoms with Crippen LogP contribution in [-0.4, -0.2) is 50.3 Å². The van der Waals surface area contributed by atoms with Crippen molar-refractivity contribution in [2.24, 2.45) is 0 Å². The fourth-order valence-corrected chi connectivity index (χ4v) is 3.92. The minimum Gasteiger partial charge on any atom is -0.493 e. The molecule has 0 atom stereocenters. The maximum Gasteiger partial charge on any atom is 0.256 e. The highest BCUT2D eigenvalue weighted by Crippen LogP contribution is 2.35. The SMILES string of the molecule is COc1cc(Cl)cc(CN2CCc3nc(S(C)(=O)=O)[nH]c(=O)c3C2)c1OC. The highest BCUT2D eigenvalue weighted by Gasteiger charge is 2.24. The van der Waals surface area contributed by atoms with Gasteiger partial charge in [0, 0.05) is 49.0 Å². The summed E-state index contributed by atoms with van der Waals surface area (Å²) in [5.74, 6) is 1.13. The van der Waals surface area contributed by atoms with Gasteiger partial charge in [0.05, 0.1) is 25.5 Å². The monoisotopic (exact) mass is 413 g/mol. The molecule has 10 heteroatoms. The molecule has 1 aromatic heterocycles. The van der Waals surface area contributed by atoms with Gasteiger partial charge >= 0.3 is 0 Å². The van der Waals surface area contributed by atoms with Gasteiger partial charge in [0.1, 0.15) is 0 Å². The lowest BCUT2D eigenvalue weighted by Gasteiger charge is -2.28. The van der Waals surface area contributed by atoms with Crippen LogP contribution in [0, 0.1) is 0 Å². The Bertz CT molecular complexity index is 1040. The van der Waals surface area contributed by atoms with Gasteiger partial charge in [-0.1, -0.05) is 11.6 Å². The number of methoxy groups -OCH3 is 2. The first kappa shape index (κ1) is 19.7. The summed E-state index contributed by atoms with van der Waals surface area (Å²) in [6.45, 7) is 1.46. The first-order valence-electron chi connectivity index (χ1n) is 8.17. The number of ether oxygens (including phenoxy) is 2. The van der Waals surface area contributed by atoms with E-state index in [-0.39, 0.29) is 5.16 Å². The fraction of sp³-hybridized carbons (Fsp3) is 0.412. The predicted molar refractivity (Wildman–Crippen MR) is 100 cm³/mol. The molecule has 2 aromatic rings. The molecule has 0 saturated heterocycles. The lowest BCUT2D eigenvalue weighted by atomic mass is 10.1. The number of sulfone groups is 1. The van der Waals surface area contributed by atoms with Crippen molar-refractivity contribution >= 4 is 21.4 Å². The zero-order valence-corrected chi connectivity index (χ0v) is 16.8. The molecule has 1 N–H and O–H groups in total. The predicted octanol–water partition coefficient (Wildman–Crippen LogP) is 1.40. The summed E-state index contributed by atoms with van der Waals surface area (Å²) in [5, 5.41) is 0.235. The molecule has 0 unspecified atom stereocenters. The van der Waals surface area contributed by atoms with Gasteiger partial charge in [-0.15, -0.1) is 0 Å². The Morgan fingerprint density at radius 2 is 2.04 bits per heavy atom. The van der Waals surface area contributed by atoms with E-state index in [1.165, 1.54) is 0 Å². The number of aromatic amines is 1. The van der Waals surface area contributed by atoms with Gasteiger partial charge in [0.15, 0.2) is 11.5 Å². The molecule has 3 rings (SSSR count). The zero-order chi connectivity index (χ0) is 19.8. The van der Waals surface area contributed by atoms with Gasteiger partial charge in [0.2, 0.25) is 15.0 Å². The number of aromatic nitrogens is 2. The van der Waals surface area contributed by atoms with E-state index >= 15 is 0 Å². The topological polar surface area (TPSA) is 102 Å². The van der Waals surface area contributed by atoms with E-state index in [1.54, 1.807) is 26.4 Å². The summed E-state index contributed by atoms with van der Waals surface area (Å²) < 4.78 is 34.1. The number of rotatable bonds is 5. The van der Waals surface area contributed by atoms with Gasteiger partial charge in [-0.25, -0.2) is 13.4 Å². The summed E-state index contributed by atoms with van der Waals surface area (Å²) in [6.07, 6.45) is 1.49. The number of benzene rings is 1. The maximum absolute atomic E-state index is 12.4. The van der Waals surface area contributed by atoms with Crippen molar-refractivity contribution in [3.05, 3.63) is 44.3 Å². The van der Waals surface area contributed by atoms with Crippen molar-refractivity contribution in [1.29, 1.82) is 0 Å². The Hall–Kier alpha value is -2.10. The zero-order valence-electron chi connectivity index (χ0n) is 15.2. The number of nitrogens with zero attached hydrogens (tertiary/aromatic N) is 2. The second-order valence-electron chi connectivity index (χ2n) is 6.33. The van der Waals surface area contributed by atoms with Crippen LogP contribution >= 0.6 is 11.6 Å². The number of nitrogens with one attached hydrogen (secondary N) is 1. The molecule has 0 radical (unpaired) electrons.